The summed E-state index contributed by atoms with van der Waals surface area (Å²) in [4.78, 5) is 12.1. The fraction of sp³-hybridized carbons (Fsp3) is 0.278. The molecule has 0 fully saturated rings. The minimum absolute atomic E-state index is 0. The number of ether oxygens (including phenoxy) is 2. The molecular weight excluding hydrogens is 328 g/mol. The number of carbonyl (C=O) groups excluding carboxylic acids is 1. The number of amides is 1. The van der Waals surface area contributed by atoms with Crippen molar-refractivity contribution in [2.75, 3.05) is 37.5 Å². The zero-order valence-electron chi connectivity index (χ0n) is 13.9. The molecule has 0 spiro atoms. The second-order valence-electron chi connectivity index (χ2n) is 5.11. The van der Waals surface area contributed by atoms with Crippen molar-refractivity contribution in [3.05, 3.63) is 54.1 Å². The summed E-state index contributed by atoms with van der Waals surface area (Å²) in [6.45, 7) is 3.10. The Morgan fingerprint density at radius 3 is 2.54 bits per heavy atom. The summed E-state index contributed by atoms with van der Waals surface area (Å²) in [5.41, 5.74) is 2.63. The molecular formula is C18H23ClN2O3. The van der Waals surface area contributed by atoms with Gasteiger partial charge in [-0.1, -0.05) is 24.3 Å². The van der Waals surface area contributed by atoms with E-state index >= 15 is 0 Å². The van der Waals surface area contributed by atoms with Crippen LogP contribution in [0.15, 0.2) is 48.5 Å². The van der Waals surface area contributed by atoms with Crippen molar-refractivity contribution in [1.29, 1.82) is 0 Å². The third kappa shape index (κ3) is 6.48. The summed E-state index contributed by atoms with van der Waals surface area (Å²) in [6, 6.07) is 15.3. The zero-order chi connectivity index (χ0) is 16.5. The normalized spacial score (nSPS) is 9.75. The topological polar surface area (TPSA) is 59.6 Å². The van der Waals surface area contributed by atoms with Crippen LogP contribution in [0.3, 0.4) is 0 Å². The number of nitrogens with one attached hydrogen (secondary N) is 2. The van der Waals surface area contributed by atoms with Crippen LogP contribution in [0.5, 0.6) is 5.75 Å². The first-order chi connectivity index (χ1) is 11.2. The number of methoxy groups -OCH3 is 1. The number of carbonyl (C=O) groups is 1. The zero-order valence-corrected chi connectivity index (χ0v) is 14.7. The van der Waals surface area contributed by atoms with Gasteiger partial charge in [0.15, 0.2) is 0 Å². The molecule has 0 aromatic heterocycles. The number of benzene rings is 2. The molecule has 0 aliphatic carbocycles. The van der Waals surface area contributed by atoms with Gasteiger partial charge in [-0.2, -0.15) is 0 Å². The van der Waals surface area contributed by atoms with Crippen LogP contribution in [0.2, 0.25) is 0 Å². The van der Waals surface area contributed by atoms with Gasteiger partial charge >= 0.3 is 0 Å². The van der Waals surface area contributed by atoms with Gasteiger partial charge in [0.05, 0.1) is 18.8 Å². The van der Waals surface area contributed by atoms with Crippen molar-refractivity contribution in [2.45, 2.75) is 6.92 Å². The third-order valence-corrected chi connectivity index (χ3v) is 3.18. The number of aryl methyl sites for hydroxylation is 1. The second-order valence-corrected chi connectivity index (χ2v) is 5.11. The summed E-state index contributed by atoms with van der Waals surface area (Å²) in [5.74, 6) is 0.518. The Hall–Kier alpha value is -2.24. The largest absolute Gasteiger partial charge is 0.489 e. The number of rotatable bonds is 8. The molecule has 0 aliphatic rings. The molecule has 2 aromatic carbocycles. The lowest BCUT2D eigenvalue weighted by atomic mass is 10.2. The van der Waals surface area contributed by atoms with Gasteiger partial charge < -0.3 is 20.1 Å². The maximum atomic E-state index is 12.1. The van der Waals surface area contributed by atoms with Gasteiger partial charge in [-0.25, -0.2) is 0 Å². The smallest absolute Gasteiger partial charge is 0.243 e. The van der Waals surface area contributed by atoms with Crippen molar-refractivity contribution in [1.82, 2.24) is 0 Å². The maximum absolute atomic E-state index is 12.1. The van der Waals surface area contributed by atoms with Gasteiger partial charge in [-0.3, -0.25) is 4.79 Å². The lowest BCUT2D eigenvalue weighted by molar-refractivity contribution is -0.114. The third-order valence-electron chi connectivity index (χ3n) is 3.18. The Kier molecular flexibility index (Phi) is 8.68. The summed E-state index contributed by atoms with van der Waals surface area (Å²) in [5, 5.41) is 5.94. The van der Waals surface area contributed by atoms with E-state index in [1.807, 2.05) is 55.5 Å². The predicted octanol–water partition coefficient (Wildman–Crippen LogP) is 3.49. The molecule has 2 rings (SSSR count). The first-order valence-electron chi connectivity index (χ1n) is 7.50. The van der Waals surface area contributed by atoms with E-state index in [-0.39, 0.29) is 24.9 Å². The molecule has 2 aromatic rings. The Morgan fingerprint density at radius 1 is 1.08 bits per heavy atom. The van der Waals surface area contributed by atoms with Crippen LogP contribution in [0, 0.1) is 6.92 Å². The molecule has 130 valence electrons. The molecule has 2 N–H and O–H groups in total. The number of hydrogen-bond donors (Lipinski definition) is 2. The standard InChI is InChI=1S/C18H22N2O3.ClH/c1-14-8-9-16(17(12-14)23-11-10-22-2)20-18(21)13-19-15-6-4-3-5-7-15;/h3-9,12,19H,10-11,13H2,1-2H3,(H,20,21);1H. The molecule has 6 heteroatoms. The highest BCUT2D eigenvalue weighted by Gasteiger charge is 2.08. The predicted molar refractivity (Wildman–Crippen MR) is 99.4 cm³/mol. The number of anilines is 2. The Morgan fingerprint density at radius 2 is 1.83 bits per heavy atom. The van der Waals surface area contributed by atoms with E-state index in [4.69, 9.17) is 9.47 Å². The average Bonchev–Trinajstić information content (AvgIpc) is 2.56. The monoisotopic (exact) mass is 350 g/mol. The van der Waals surface area contributed by atoms with Crippen molar-refractivity contribution in [3.63, 3.8) is 0 Å². The summed E-state index contributed by atoms with van der Waals surface area (Å²) in [7, 11) is 1.62. The minimum atomic E-state index is -0.130. The molecule has 1 amide bonds. The second kappa shape index (κ2) is 10.5. The quantitative estimate of drug-likeness (QED) is 0.715. The van der Waals surface area contributed by atoms with E-state index in [9.17, 15) is 4.79 Å². The van der Waals surface area contributed by atoms with Crippen molar-refractivity contribution < 1.29 is 14.3 Å². The van der Waals surface area contributed by atoms with Gasteiger partial charge in [-0.15, -0.1) is 12.4 Å². The SMILES string of the molecule is COCCOc1cc(C)ccc1NC(=O)CNc1ccccc1.Cl. The van der Waals surface area contributed by atoms with Crippen LogP contribution < -0.4 is 15.4 Å². The van der Waals surface area contributed by atoms with Gasteiger partial charge in [-0.05, 0) is 36.8 Å². The number of halogens is 1. The molecule has 5 nitrogen and oxygen atoms in total. The van der Waals surface area contributed by atoms with E-state index < -0.39 is 0 Å². The lowest BCUT2D eigenvalue weighted by Gasteiger charge is -2.13. The number of para-hydroxylation sites is 1. The Labute approximate surface area is 148 Å². The summed E-state index contributed by atoms with van der Waals surface area (Å²) in [6.07, 6.45) is 0. The summed E-state index contributed by atoms with van der Waals surface area (Å²) >= 11 is 0. The molecule has 0 radical (unpaired) electrons. The first kappa shape index (κ1) is 19.8. The highest BCUT2D eigenvalue weighted by molar-refractivity contribution is 5.95. The van der Waals surface area contributed by atoms with E-state index in [0.717, 1.165) is 11.3 Å². The van der Waals surface area contributed by atoms with Gasteiger partial charge in [0, 0.05) is 12.8 Å². The fourth-order valence-electron chi connectivity index (χ4n) is 2.02. The minimum Gasteiger partial charge on any atom is -0.489 e. The van der Waals surface area contributed by atoms with Gasteiger partial charge in [0.1, 0.15) is 12.4 Å². The van der Waals surface area contributed by atoms with E-state index in [0.29, 0.717) is 24.7 Å². The Balaban J connectivity index is 0.00000288. The van der Waals surface area contributed by atoms with Gasteiger partial charge in [0.25, 0.3) is 0 Å². The van der Waals surface area contributed by atoms with E-state index in [1.165, 1.54) is 0 Å². The van der Waals surface area contributed by atoms with Crippen LogP contribution in [0.4, 0.5) is 11.4 Å². The molecule has 0 saturated carbocycles. The van der Waals surface area contributed by atoms with Gasteiger partial charge in [0.2, 0.25) is 5.91 Å². The average molecular weight is 351 g/mol. The lowest BCUT2D eigenvalue weighted by Crippen LogP contribution is -2.22. The van der Waals surface area contributed by atoms with Crippen LogP contribution in [-0.4, -0.2) is 32.8 Å². The van der Waals surface area contributed by atoms with Crippen LogP contribution in [-0.2, 0) is 9.53 Å². The molecule has 0 unspecified atom stereocenters. The first-order valence-corrected chi connectivity index (χ1v) is 7.50. The molecule has 0 aliphatic heterocycles. The Bertz CT molecular complexity index is 635. The van der Waals surface area contributed by atoms with Crippen molar-refractivity contribution in [3.8, 4) is 5.75 Å². The molecule has 24 heavy (non-hydrogen) atoms. The maximum Gasteiger partial charge on any atom is 0.243 e. The highest BCUT2D eigenvalue weighted by Crippen LogP contribution is 2.25. The van der Waals surface area contributed by atoms with Crippen LogP contribution in [0.1, 0.15) is 5.56 Å². The fourth-order valence-corrected chi connectivity index (χ4v) is 2.02. The molecule has 0 atom stereocenters. The highest BCUT2D eigenvalue weighted by atomic mass is 35.5. The van der Waals surface area contributed by atoms with Crippen LogP contribution >= 0.6 is 12.4 Å². The summed E-state index contributed by atoms with van der Waals surface area (Å²) < 4.78 is 10.6. The van der Waals surface area contributed by atoms with Crippen molar-refractivity contribution >= 4 is 29.7 Å². The van der Waals surface area contributed by atoms with Crippen molar-refractivity contribution in [2.24, 2.45) is 0 Å². The molecule has 0 saturated heterocycles. The molecule has 0 heterocycles. The van der Waals surface area contributed by atoms with Crippen LogP contribution in [0.25, 0.3) is 0 Å². The van der Waals surface area contributed by atoms with E-state index in [1.54, 1.807) is 7.11 Å². The van der Waals surface area contributed by atoms with E-state index in [2.05, 4.69) is 10.6 Å². The molecule has 0 bridgehead atoms. The number of hydrogen-bond acceptors (Lipinski definition) is 4.